The molecule has 0 bridgehead atoms. The van der Waals surface area contributed by atoms with Crippen molar-refractivity contribution in [1.29, 1.82) is 0 Å². The Bertz CT molecular complexity index is 1720. The van der Waals surface area contributed by atoms with Crippen LogP contribution >= 0.6 is 0 Å². The Kier molecular flexibility index (Phi) is 8.35. The second kappa shape index (κ2) is 12.5. The van der Waals surface area contributed by atoms with Crippen LogP contribution in [0.4, 0.5) is 15.8 Å². The predicted octanol–water partition coefficient (Wildman–Crippen LogP) is 6.63. The number of pyridine rings is 2. The maximum atomic E-state index is 14.5. The molecular weight excluding hydrogens is 539 g/mol. The highest BCUT2D eigenvalue weighted by Crippen LogP contribution is 2.35. The first-order chi connectivity index (χ1) is 20.8. The summed E-state index contributed by atoms with van der Waals surface area (Å²) in [5.41, 5.74) is 15.2. The topological polar surface area (TPSA) is 99.0 Å². The average Bonchev–Trinajstić information content (AvgIpc) is 3.42. The van der Waals surface area contributed by atoms with Gasteiger partial charge in [0.05, 0.1) is 23.1 Å². The van der Waals surface area contributed by atoms with Crippen LogP contribution in [-0.4, -0.2) is 57.1 Å². The van der Waals surface area contributed by atoms with Gasteiger partial charge in [-0.05, 0) is 100 Å². The van der Waals surface area contributed by atoms with Crippen molar-refractivity contribution in [3.63, 3.8) is 0 Å². The van der Waals surface area contributed by atoms with E-state index in [0.717, 1.165) is 64.2 Å². The van der Waals surface area contributed by atoms with Crippen LogP contribution in [0.15, 0.2) is 67.1 Å². The summed E-state index contributed by atoms with van der Waals surface area (Å²) in [4.78, 5) is 13.7. The molecule has 4 N–H and O–H groups in total. The summed E-state index contributed by atoms with van der Waals surface area (Å²) in [6.07, 6.45) is 9.57. The second-order valence-corrected chi connectivity index (χ2v) is 11.9. The molecule has 0 spiro atoms. The molecular formula is C34H39FN8. The number of fused-ring (bicyclic) bond motifs is 1. The molecule has 0 saturated carbocycles. The molecule has 6 rings (SSSR count). The Morgan fingerprint density at radius 1 is 0.977 bits per heavy atom. The van der Waals surface area contributed by atoms with Crippen molar-refractivity contribution in [2.75, 3.05) is 38.2 Å². The number of piperidine rings is 1. The van der Waals surface area contributed by atoms with Crippen LogP contribution in [-0.2, 0) is 13.1 Å². The normalized spacial score (nSPS) is 14.8. The predicted molar refractivity (Wildman–Crippen MR) is 172 cm³/mol. The zero-order valence-corrected chi connectivity index (χ0v) is 25.1. The molecule has 0 amide bonds. The molecule has 222 valence electrons. The first-order valence-corrected chi connectivity index (χ1v) is 14.9. The number of halogens is 1. The van der Waals surface area contributed by atoms with Crippen molar-refractivity contribution < 1.29 is 4.39 Å². The van der Waals surface area contributed by atoms with Gasteiger partial charge in [0.15, 0.2) is 5.65 Å². The Morgan fingerprint density at radius 3 is 2.58 bits per heavy atom. The first kappa shape index (κ1) is 28.8. The van der Waals surface area contributed by atoms with E-state index in [1.165, 1.54) is 30.9 Å². The molecule has 1 fully saturated rings. The van der Waals surface area contributed by atoms with Crippen molar-refractivity contribution >= 4 is 22.4 Å². The third-order valence-electron chi connectivity index (χ3n) is 8.10. The fourth-order valence-corrected chi connectivity index (χ4v) is 6.02. The summed E-state index contributed by atoms with van der Waals surface area (Å²) in [6, 6.07) is 15.1. The van der Waals surface area contributed by atoms with Gasteiger partial charge in [-0.3, -0.25) is 15.0 Å². The van der Waals surface area contributed by atoms with Gasteiger partial charge in [0, 0.05) is 53.8 Å². The van der Waals surface area contributed by atoms with Crippen LogP contribution in [0.5, 0.6) is 0 Å². The van der Waals surface area contributed by atoms with Gasteiger partial charge < -0.3 is 16.0 Å². The van der Waals surface area contributed by atoms with Gasteiger partial charge in [-0.1, -0.05) is 18.6 Å². The SMILES string of the molecule is CC(Nc1cccc(-c2cc(F)cc(CN(C)C)c2)c1N)c1[nH]nc2ncc(-c3cncc(CN4CCCCC4)c3)cc12. The van der Waals surface area contributed by atoms with Gasteiger partial charge in [-0.25, -0.2) is 9.37 Å². The second-order valence-electron chi connectivity index (χ2n) is 11.9. The number of para-hydroxylation sites is 1. The van der Waals surface area contributed by atoms with Crippen molar-refractivity contribution in [1.82, 2.24) is 30.0 Å². The molecule has 2 aromatic carbocycles. The molecule has 1 aliphatic heterocycles. The van der Waals surface area contributed by atoms with Gasteiger partial charge >= 0.3 is 0 Å². The largest absolute Gasteiger partial charge is 0.397 e. The number of likely N-dealkylation sites (tertiary alicyclic amines) is 1. The molecule has 3 aromatic heterocycles. The maximum Gasteiger partial charge on any atom is 0.181 e. The van der Waals surface area contributed by atoms with Crippen LogP contribution in [0.1, 0.15) is 49.0 Å². The number of nitrogens with one attached hydrogen (secondary N) is 2. The highest BCUT2D eigenvalue weighted by Gasteiger charge is 2.18. The lowest BCUT2D eigenvalue weighted by Gasteiger charge is -2.26. The number of anilines is 2. The number of aromatic amines is 1. The van der Waals surface area contributed by atoms with E-state index in [9.17, 15) is 4.39 Å². The van der Waals surface area contributed by atoms with Crippen LogP contribution in [0, 0.1) is 5.82 Å². The Balaban J connectivity index is 1.25. The molecule has 9 heteroatoms. The Labute approximate surface area is 252 Å². The van der Waals surface area contributed by atoms with E-state index < -0.39 is 0 Å². The third kappa shape index (κ3) is 6.53. The van der Waals surface area contributed by atoms with Crippen molar-refractivity contribution in [2.24, 2.45) is 0 Å². The molecule has 1 atom stereocenters. The average molecular weight is 579 g/mol. The standard InChI is InChI=1S/C34H39FN8/c1-22(39-31-9-7-8-29(32(31)36)25-12-23(20-42(2)3)14-28(35)15-25)33-30-16-27(19-38-34(30)41-40-33)26-13-24(17-37-18-26)21-43-10-5-4-6-11-43/h7-9,12-19,22,39H,4-6,10-11,20-21,36H2,1-3H3,(H,38,40,41). The van der Waals surface area contributed by atoms with Gasteiger partial charge in [-0.15, -0.1) is 0 Å². The van der Waals surface area contributed by atoms with Crippen LogP contribution < -0.4 is 11.1 Å². The number of hydrogen-bond acceptors (Lipinski definition) is 7. The molecule has 43 heavy (non-hydrogen) atoms. The monoisotopic (exact) mass is 578 g/mol. The zero-order chi connectivity index (χ0) is 29.9. The molecule has 0 radical (unpaired) electrons. The fourth-order valence-electron chi connectivity index (χ4n) is 6.02. The van der Waals surface area contributed by atoms with E-state index in [0.29, 0.717) is 17.9 Å². The molecule has 4 heterocycles. The maximum absolute atomic E-state index is 14.5. The number of nitrogens with zero attached hydrogens (tertiary/aromatic N) is 5. The van der Waals surface area contributed by atoms with Crippen molar-refractivity contribution in [2.45, 2.75) is 45.3 Å². The number of H-pyrrole nitrogens is 1. The van der Waals surface area contributed by atoms with Gasteiger partial charge in [-0.2, -0.15) is 5.10 Å². The van der Waals surface area contributed by atoms with E-state index in [-0.39, 0.29) is 11.9 Å². The summed E-state index contributed by atoms with van der Waals surface area (Å²) in [7, 11) is 3.93. The number of hydrogen-bond donors (Lipinski definition) is 3. The highest BCUT2D eigenvalue weighted by atomic mass is 19.1. The number of benzene rings is 2. The van der Waals surface area contributed by atoms with Gasteiger partial charge in [0.2, 0.25) is 0 Å². The first-order valence-electron chi connectivity index (χ1n) is 14.9. The van der Waals surface area contributed by atoms with E-state index >= 15 is 0 Å². The number of rotatable bonds is 9. The fraction of sp³-hybridized carbons (Fsp3) is 0.324. The summed E-state index contributed by atoms with van der Waals surface area (Å²) < 4.78 is 14.5. The summed E-state index contributed by atoms with van der Waals surface area (Å²) in [5.74, 6) is -0.278. The van der Waals surface area contributed by atoms with Crippen LogP contribution in [0.25, 0.3) is 33.3 Å². The van der Waals surface area contributed by atoms with Crippen LogP contribution in [0.3, 0.4) is 0 Å². The Hall–Kier alpha value is -4.34. The summed E-state index contributed by atoms with van der Waals surface area (Å²) in [6.45, 7) is 5.91. The number of aromatic nitrogens is 4. The highest BCUT2D eigenvalue weighted by molar-refractivity contribution is 5.87. The quantitative estimate of drug-likeness (QED) is 0.169. The van der Waals surface area contributed by atoms with E-state index in [2.05, 4.69) is 49.4 Å². The lowest BCUT2D eigenvalue weighted by molar-refractivity contribution is 0.220. The van der Waals surface area contributed by atoms with Crippen LogP contribution in [0.2, 0.25) is 0 Å². The van der Waals surface area contributed by atoms with E-state index in [4.69, 9.17) is 5.73 Å². The zero-order valence-electron chi connectivity index (χ0n) is 25.1. The summed E-state index contributed by atoms with van der Waals surface area (Å²) in [5, 5.41) is 12.1. The molecule has 0 aliphatic carbocycles. The minimum Gasteiger partial charge on any atom is -0.397 e. The van der Waals surface area contributed by atoms with E-state index in [1.807, 2.05) is 61.9 Å². The minimum atomic E-state index is -0.278. The molecule has 5 aromatic rings. The van der Waals surface area contributed by atoms with Crippen molar-refractivity contribution in [3.8, 4) is 22.3 Å². The summed E-state index contributed by atoms with van der Waals surface area (Å²) >= 11 is 0. The Morgan fingerprint density at radius 2 is 1.77 bits per heavy atom. The van der Waals surface area contributed by atoms with Crippen molar-refractivity contribution in [3.05, 3.63) is 89.8 Å². The molecule has 1 saturated heterocycles. The molecule has 8 nitrogen and oxygen atoms in total. The molecule has 1 unspecified atom stereocenters. The van der Waals surface area contributed by atoms with Gasteiger partial charge in [0.25, 0.3) is 0 Å². The molecule has 1 aliphatic rings. The van der Waals surface area contributed by atoms with Gasteiger partial charge in [0.1, 0.15) is 5.82 Å². The minimum absolute atomic E-state index is 0.153. The number of nitrogen functional groups attached to an aromatic ring is 1. The lowest BCUT2D eigenvalue weighted by atomic mass is 9.99. The third-order valence-corrected chi connectivity index (χ3v) is 8.10. The smallest absolute Gasteiger partial charge is 0.181 e. The van der Waals surface area contributed by atoms with E-state index in [1.54, 1.807) is 6.07 Å². The number of nitrogens with two attached hydrogens (primary N) is 1. The lowest BCUT2D eigenvalue weighted by Crippen LogP contribution is -2.29.